The number of aromatic nitrogens is 1. The fourth-order valence-corrected chi connectivity index (χ4v) is 4.17. The van der Waals surface area contributed by atoms with Crippen molar-refractivity contribution >= 4 is 17.6 Å². The second-order valence-electron chi connectivity index (χ2n) is 8.43. The molecule has 4 N–H and O–H groups in total. The zero-order valence-electron chi connectivity index (χ0n) is 19.8. The SMILES string of the molecule is COc1cccc(-c2cc3c([nH]c2=O)CN(Cc2ccccc2)C(C(=O)NCCCC(=O)O)=C3O)c1. The van der Waals surface area contributed by atoms with Gasteiger partial charge in [0.15, 0.2) is 5.76 Å². The van der Waals surface area contributed by atoms with Crippen molar-refractivity contribution in [2.24, 2.45) is 0 Å². The number of aliphatic hydroxyl groups is 1. The van der Waals surface area contributed by atoms with Gasteiger partial charge in [-0.1, -0.05) is 42.5 Å². The molecule has 36 heavy (non-hydrogen) atoms. The van der Waals surface area contributed by atoms with E-state index < -0.39 is 11.9 Å². The number of carbonyl (C=O) groups is 2. The standard InChI is InChI=1S/C27H27N3O6/c1-36-19-10-5-9-18(13-19)20-14-21-22(29-26(20)34)16-30(15-17-7-3-2-4-8-17)24(25(21)33)27(35)28-12-6-11-23(31)32/h2-5,7-10,13-14,33H,6,11-12,15-16H2,1H3,(H,28,35)(H,29,34)(H,31,32). The molecule has 3 aromatic rings. The summed E-state index contributed by atoms with van der Waals surface area (Å²) in [4.78, 5) is 41.5. The molecular formula is C27H27N3O6. The molecule has 0 radical (unpaired) electrons. The summed E-state index contributed by atoms with van der Waals surface area (Å²) in [6, 6.07) is 18.1. The van der Waals surface area contributed by atoms with E-state index in [1.165, 1.54) is 7.11 Å². The van der Waals surface area contributed by atoms with Crippen LogP contribution in [0.2, 0.25) is 0 Å². The Kier molecular flexibility index (Phi) is 7.39. The van der Waals surface area contributed by atoms with Gasteiger partial charge < -0.3 is 30.2 Å². The highest BCUT2D eigenvalue weighted by molar-refractivity contribution is 6.00. The second-order valence-corrected chi connectivity index (χ2v) is 8.43. The van der Waals surface area contributed by atoms with Crippen molar-refractivity contribution in [1.29, 1.82) is 0 Å². The van der Waals surface area contributed by atoms with Crippen LogP contribution in [0.5, 0.6) is 5.75 Å². The molecule has 1 aliphatic rings. The molecule has 186 valence electrons. The van der Waals surface area contributed by atoms with Crippen LogP contribution in [-0.2, 0) is 22.7 Å². The number of nitrogens with zero attached hydrogens (tertiary/aromatic N) is 1. The number of nitrogens with one attached hydrogen (secondary N) is 2. The first-order valence-electron chi connectivity index (χ1n) is 11.5. The zero-order chi connectivity index (χ0) is 25.7. The summed E-state index contributed by atoms with van der Waals surface area (Å²) in [5, 5.41) is 22.8. The normalized spacial score (nSPS) is 12.8. The number of carboxylic acid groups (broad SMARTS) is 1. The van der Waals surface area contributed by atoms with Crippen LogP contribution >= 0.6 is 0 Å². The van der Waals surface area contributed by atoms with Crippen LogP contribution in [0.15, 0.2) is 71.2 Å². The summed E-state index contributed by atoms with van der Waals surface area (Å²) in [7, 11) is 1.54. The van der Waals surface area contributed by atoms with Gasteiger partial charge in [0, 0.05) is 36.3 Å². The van der Waals surface area contributed by atoms with E-state index in [9.17, 15) is 19.5 Å². The molecule has 0 atom stereocenters. The molecule has 0 unspecified atom stereocenters. The van der Waals surface area contributed by atoms with Gasteiger partial charge in [-0.15, -0.1) is 0 Å². The number of hydrogen-bond donors (Lipinski definition) is 4. The Labute approximate surface area is 207 Å². The Morgan fingerprint density at radius 3 is 2.58 bits per heavy atom. The maximum atomic E-state index is 13.2. The zero-order valence-corrected chi connectivity index (χ0v) is 19.8. The molecule has 1 aromatic heterocycles. The lowest BCUT2D eigenvalue weighted by atomic mass is 9.98. The number of H-pyrrole nitrogens is 1. The summed E-state index contributed by atoms with van der Waals surface area (Å²) in [5.41, 5.74) is 2.44. The number of aliphatic hydroxyl groups excluding tert-OH is 1. The van der Waals surface area contributed by atoms with E-state index in [4.69, 9.17) is 9.84 Å². The van der Waals surface area contributed by atoms with E-state index in [2.05, 4.69) is 10.3 Å². The number of carboxylic acids is 1. The molecule has 0 aliphatic carbocycles. The van der Waals surface area contributed by atoms with Crippen molar-refractivity contribution in [2.45, 2.75) is 25.9 Å². The van der Waals surface area contributed by atoms with Crippen LogP contribution in [-0.4, -0.2) is 45.6 Å². The van der Waals surface area contributed by atoms with Gasteiger partial charge in [0.1, 0.15) is 11.4 Å². The summed E-state index contributed by atoms with van der Waals surface area (Å²) in [6.45, 7) is 0.663. The van der Waals surface area contributed by atoms with Gasteiger partial charge in [0.05, 0.1) is 13.7 Å². The molecule has 9 heteroatoms. The van der Waals surface area contributed by atoms with Crippen LogP contribution < -0.4 is 15.6 Å². The van der Waals surface area contributed by atoms with E-state index in [1.54, 1.807) is 35.2 Å². The van der Waals surface area contributed by atoms with E-state index >= 15 is 0 Å². The molecule has 1 amide bonds. The average molecular weight is 490 g/mol. The number of methoxy groups -OCH3 is 1. The minimum atomic E-state index is -0.947. The van der Waals surface area contributed by atoms with Crippen molar-refractivity contribution in [3.63, 3.8) is 0 Å². The van der Waals surface area contributed by atoms with E-state index in [0.29, 0.717) is 34.7 Å². The monoisotopic (exact) mass is 489 g/mol. The van der Waals surface area contributed by atoms with Gasteiger partial charge in [-0.3, -0.25) is 14.4 Å². The number of fused-ring (bicyclic) bond motifs is 1. The number of pyridine rings is 1. The number of rotatable bonds is 9. The van der Waals surface area contributed by atoms with Gasteiger partial charge in [0.25, 0.3) is 11.5 Å². The third-order valence-corrected chi connectivity index (χ3v) is 5.93. The van der Waals surface area contributed by atoms with Gasteiger partial charge in [0.2, 0.25) is 0 Å². The van der Waals surface area contributed by atoms with Crippen molar-refractivity contribution in [3.05, 3.63) is 93.5 Å². The fourth-order valence-electron chi connectivity index (χ4n) is 4.17. The molecule has 0 fully saturated rings. The maximum Gasteiger partial charge on any atom is 0.303 e. The first-order valence-corrected chi connectivity index (χ1v) is 11.5. The third kappa shape index (κ3) is 5.41. The Morgan fingerprint density at radius 2 is 1.86 bits per heavy atom. The van der Waals surface area contributed by atoms with E-state index in [0.717, 1.165) is 5.56 Å². The lowest BCUT2D eigenvalue weighted by molar-refractivity contribution is -0.137. The summed E-state index contributed by atoms with van der Waals surface area (Å²) in [6.07, 6.45) is 0.185. The van der Waals surface area contributed by atoms with Crippen molar-refractivity contribution in [2.75, 3.05) is 13.7 Å². The van der Waals surface area contributed by atoms with Crippen molar-refractivity contribution in [1.82, 2.24) is 15.2 Å². The quantitative estimate of drug-likeness (QED) is 0.339. The molecule has 0 bridgehead atoms. The Balaban J connectivity index is 1.73. The van der Waals surface area contributed by atoms with Gasteiger partial charge in [-0.2, -0.15) is 0 Å². The Morgan fingerprint density at radius 1 is 1.08 bits per heavy atom. The van der Waals surface area contributed by atoms with Crippen LogP contribution in [0, 0.1) is 0 Å². The summed E-state index contributed by atoms with van der Waals surface area (Å²) >= 11 is 0. The first-order chi connectivity index (χ1) is 17.4. The fraction of sp³-hybridized carbons (Fsp3) is 0.222. The number of benzene rings is 2. The summed E-state index contributed by atoms with van der Waals surface area (Å²) < 4.78 is 5.26. The van der Waals surface area contributed by atoms with Crippen LogP contribution in [0.3, 0.4) is 0 Å². The third-order valence-electron chi connectivity index (χ3n) is 5.93. The minimum absolute atomic E-state index is 0.0605. The van der Waals surface area contributed by atoms with Crippen molar-refractivity contribution in [3.8, 4) is 16.9 Å². The minimum Gasteiger partial charge on any atom is -0.505 e. The molecular weight excluding hydrogens is 462 g/mol. The first kappa shape index (κ1) is 24.6. The molecule has 0 saturated heterocycles. The number of aromatic amines is 1. The van der Waals surface area contributed by atoms with Gasteiger partial charge in [-0.05, 0) is 35.7 Å². The second kappa shape index (κ2) is 10.8. The van der Waals surface area contributed by atoms with Crippen LogP contribution in [0.1, 0.15) is 29.7 Å². The topological polar surface area (TPSA) is 132 Å². The number of carbonyl (C=O) groups excluding carboxylic acids is 1. The van der Waals surface area contributed by atoms with Crippen LogP contribution in [0.4, 0.5) is 0 Å². The largest absolute Gasteiger partial charge is 0.505 e. The number of aliphatic carboxylic acids is 1. The average Bonchev–Trinajstić information content (AvgIpc) is 2.87. The van der Waals surface area contributed by atoms with E-state index in [1.807, 2.05) is 30.3 Å². The predicted octanol–water partition coefficient (Wildman–Crippen LogP) is 3.27. The number of amides is 1. The van der Waals surface area contributed by atoms with Crippen molar-refractivity contribution < 1.29 is 24.5 Å². The van der Waals surface area contributed by atoms with E-state index in [-0.39, 0.29) is 42.9 Å². The molecule has 2 aromatic carbocycles. The number of hydrogen-bond acceptors (Lipinski definition) is 6. The molecule has 0 saturated carbocycles. The molecule has 4 rings (SSSR count). The maximum absolute atomic E-state index is 13.2. The number of ether oxygens (including phenoxy) is 1. The summed E-state index contributed by atoms with van der Waals surface area (Å²) in [5.74, 6) is -1.14. The van der Waals surface area contributed by atoms with Gasteiger partial charge >= 0.3 is 5.97 Å². The Bertz CT molecular complexity index is 1360. The molecule has 0 spiro atoms. The molecule has 1 aliphatic heterocycles. The highest BCUT2D eigenvalue weighted by Crippen LogP contribution is 2.32. The lowest BCUT2D eigenvalue weighted by Crippen LogP contribution is -2.39. The highest BCUT2D eigenvalue weighted by atomic mass is 16.5. The predicted molar refractivity (Wildman–Crippen MR) is 134 cm³/mol. The van der Waals surface area contributed by atoms with Crippen LogP contribution in [0.25, 0.3) is 16.9 Å². The Hall–Kier alpha value is -4.53. The molecule has 2 heterocycles. The van der Waals surface area contributed by atoms with Gasteiger partial charge in [-0.25, -0.2) is 0 Å². The molecule has 9 nitrogen and oxygen atoms in total. The lowest BCUT2D eigenvalue weighted by Gasteiger charge is -2.32. The smallest absolute Gasteiger partial charge is 0.303 e. The highest BCUT2D eigenvalue weighted by Gasteiger charge is 2.31.